The van der Waals surface area contributed by atoms with Gasteiger partial charge in [-0.3, -0.25) is 28.8 Å². The maximum absolute atomic E-state index is 13.6. The van der Waals surface area contributed by atoms with Gasteiger partial charge < -0.3 is 53.0 Å². The molecule has 1 saturated heterocycles. The molecule has 0 saturated carbocycles. The number of unbranched alkanes of at least 4 members (excludes halogenated alkanes) is 1. The Morgan fingerprint density at radius 3 is 1.98 bits per heavy atom. The van der Waals surface area contributed by atoms with Crippen molar-refractivity contribution in [2.75, 3.05) is 19.7 Å². The molecular weight excluding hydrogens is 606 g/mol. The van der Waals surface area contributed by atoms with Gasteiger partial charge in [0.2, 0.25) is 29.5 Å². The lowest BCUT2D eigenvalue weighted by Gasteiger charge is -2.32. The lowest BCUT2D eigenvalue weighted by molar-refractivity contribution is -0.145. The molecule has 1 rings (SSSR count). The van der Waals surface area contributed by atoms with Crippen LogP contribution in [-0.2, 0) is 33.6 Å². The number of aliphatic hydroxyl groups is 1. The predicted octanol–water partition coefficient (Wildman–Crippen LogP) is -2.37. The zero-order chi connectivity index (χ0) is 35.1. The number of aliphatic carboxylic acids is 2. The van der Waals surface area contributed by atoms with Gasteiger partial charge in [-0.15, -0.1) is 0 Å². The molecule has 17 heteroatoms. The highest BCUT2D eigenvalue weighted by atomic mass is 16.4. The van der Waals surface area contributed by atoms with E-state index in [9.17, 15) is 48.9 Å². The number of carboxylic acid groups (broad SMARTS) is 2. The number of carboxylic acids is 2. The molecule has 11 N–H and O–H groups in total. The van der Waals surface area contributed by atoms with Gasteiger partial charge in [-0.05, 0) is 56.9 Å². The van der Waals surface area contributed by atoms with Crippen LogP contribution in [-0.4, -0.2) is 118 Å². The fourth-order valence-electron chi connectivity index (χ4n) is 5.01. The Kier molecular flexibility index (Phi) is 17.2. The van der Waals surface area contributed by atoms with Crippen molar-refractivity contribution < 1.29 is 48.9 Å². The smallest absolute Gasteiger partial charge is 0.326 e. The molecular formula is C29H51N7O10. The summed E-state index contributed by atoms with van der Waals surface area (Å²) in [5.74, 6) is -7.03. The summed E-state index contributed by atoms with van der Waals surface area (Å²) in [6, 6.07) is -7.60. The summed E-state index contributed by atoms with van der Waals surface area (Å²) >= 11 is 0. The van der Waals surface area contributed by atoms with Crippen LogP contribution in [0, 0.1) is 11.8 Å². The first-order valence-electron chi connectivity index (χ1n) is 15.6. The predicted molar refractivity (Wildman–Crippen MR) is 165 cm³/mol. The van der Waals surface area contributed by atoms with E-state index >= 15 is 0 Å². The minimum atomic E-state index is -1.71. The lowest BCUT2D eigenvalue weighted by Crippen LogP contribution is -2.60. The number of rotatable bonds is 20. The van der Waals surface area contributed by atoms with Crippen LogP contribution in [0.4, 0.5) is 0 Å². The topological polar surface area (TPSA) is 284 Å². The van der Waals surface area contributed by atoms with E-state index in [4.69, 9.17) is 11.5 Å². The standard InChI is InChI=1S/C29H51N7O10/c1-15(2)12-17(31)24(40)35-23(16(3)4)28(44)36-11-7-9-21(36)27(43)33-19(13-22(38)39)25(41)34-20(14-37)26(42)32-18(29(45)46)8-5-6-10-30/h15-21,23,37H,5-14,30-31H2,1-4H3,(H,32,42)(H,33,43)(H,34,41)(H,35,40)(H,38,39)(H,45,46)/t17-,18-,19-,20-,21-,23-/m0/s1. The summed E-state index contributed by atoms with van der Waals surface area (Å²) in [6.45, 7) is 6.80. The second-order valence-electron chi connectivity index (χ2n) is 12.2. The molecule has 0 aromatic carbocycles. The third kappa shape index (κ3) is 12.9. The van der Waals surface area contributed by atoms with Crippen LogP contribution in [0.3, 0.4) is 0 Å². The first kappa shape index (κ1) is 40.2. The average Bonchev–Trinajstić information content (AvgIpc) is 3.46. The minimum absolute atomic E-state index is 0.0464. The second-order valence-corrected chi connectivity index (χ2v) is 12.2. The minimum Gasteiger partial charge on any atom is -0.481 e. The highest BCUT2D eigenvalue weighted by molar-refractivity contribution is 5.97. The summed E-state index contributed by atoms with van der Waals surface area (Å²) in [4.78, 5) is 89.7. The average molecular weight is 658 g/mol. The van der Waals surface area contributed by atoms with Gasteiger partial charge in [0.1, 0.15) is 30.2 Å². The highest BCUT2D eigenvalue weighted by Crippen LogP contribution is 2.21. The van der Waals surface area contributed by atoms with E-state index in [0.29, 0.717) is 32.2 Å². The molecule has 0 bridgehead atoms. The number of carbonyl (C=O) groups excluding carboxylic acids is 5. The van der Waals surface area contributed by atoms with Crippen LogP contribution in [0.5, 0.6) is 0 Å². The van der Waals surface area contributed by atoms with Crippen LogP contribution in [0.15, 0.2) is 0 Å². The van der Waals surface area contributed by atoms with E-state index in [0.717, 1.165) is 0 Å². The zero-order valence-corrected chi connectivity index (χ0v) is 27.0. The maximum atomic E-state index is 13.6. The van der Waals surface area contributed by atoms with Crippen molar-refractivity contribution in [3.05, 3.63) is 0 Å². The Balaban J connectivity index is 3.04. The molecule has 0 aromatic heterocycles. The highest BCUT2D eigenvalue weighted by Gasteiger charge is 2.40. The van der Waals surface area contributed by atoms with Gasteiger partial charge in [0.15, 0.2) is 0 Å². The molecule has 0 spiro atoms. The number of likely N-dealkylation sites (tertiary alicyclic amines) is 1. The van der Waals surface area contributed by atoms with Gasteiger partial charge in [-0.25, -0.2) is 4.79 Å². The third-order valence-corrected chi connectivity index (χ3v) is 7.52. The van der Waals surface area contributed by atoms with Gasteiger partial charge in [0, 0.05) is 6.54 Å². The Morgan fingerprint density at radius 1 is 0.848 bits per heavy atom. The molecule has 1 heterocycles. The summed E-state index contributed by atoms with van der Waals surface area (Å²) in [5, 5.41) is 37.9. The van der Waals surface area contributed by atoms with Gasteiger partial charge >= 0.3 is 11.9 Å². The number of hydrogen-bond acceptors (Lipinski definition) is 10. The van der Waals surface area contributed by atoms with E-state index in [1.165, 1.54) is 4.90 Å². The number of nitrogens with one attached hydrogen (secondary N) is 4. The number of amides is 5. The third-order valence-electron chi connectivity index (χ3n) is 7.52. The Morgan fingerprint density at radius 2 is 1.46 bits per heavy atom. The van der Waals surface area contributed by atoms with E-state index in [-0.39, 0.29) is 31.2 Å². The fourth-order valence-corrected chi connectivity index (χ4v) is 5.01. The Bertz CT molecular complexity index is 1090. The van der Waals surface area contributed by atoms with Crippen LogP contribution in [0.25, 0.3) is 0 Å². The number of carbonyl (C=O) groups is 7. The van der Waals surface area contributed by atoms with E-state index in [2.05, 4.69) is 21.3 Å². The molecule has 17 nitrogen and oxygen atoms in total. The zero-order valence-electron chi connectivity index (χ0n) is 27.0. The first-order valence-corrected chi connectivity index (χ1v) is 15.6. The molecule has 0 unspecified atom stereocenters. The van der Waals surface area contributed by atoms with Gasteiger partial charge in [-0.1, -0.05) is 27.7 Å². The Hall–Kier alpha value is -3.83. The molecule has 1 aliphatic heterocycles. The van der Waals surface area contributed by atoms with Crippen LogP contribution in [0.2, 0.25) is 0 Å². The van der Waals surface area contributed by atoms with Crippen molar-refractivity contribution in [2.24, 2.45) is 23.3 Å². The molecule has 0 aliphatic carbocycles. The van der Waals surface area contributed by atoms with Gasteiger partial charge in [-0.2, -0.15) is 0 Å². The van der Waals surface area contributed by atoms with Crippen molar-refractivity contribution in [1.82, 2.24) is 26.2 Å². The summed E-state index contributed by atoms with van der Waals surface area (Å²) in [5.41, 5.74) is 11.4. The van der Waals surface area contributed by atoms with Gasteiger partial charge in [0.05, 0.1) is 19.1 Å². The largest absolute Gasteiger partial charge is 0.481 e. The first-order chi connectivity index (χ1) is 21.5. The molecule has 262 valence electrons. The molecule has 0 aromatic rings. The normalized spacial score (nSPS) is 17.8. The molecule has 5 amide bonds. The lowest BCUT2D eigenvalue weighted by atomic mass is 9.99. The summed E-state index contributed by atoms with van der Waals surface area (Å²) in [6.07, 6.45) is 1.09. The Labute approximate surface area is 268 Å². The monoisotopic (exact) mass is 657 g/mol. The van der Waals surface area contributed by atoms with Crippen molar-refractivity contribution >= 4 is 41.5 Å². The van der Waals surface area contributed by atoms with Crippen molar-refractivity contribution in [3.8, 4) is 0 Å². The van der Waals surface area contributed by atoms with Crippen molar-refractivity contribution in [3.63, 3.8) is 0 Å². The van der Waals surface area contributed by atoms with Crippen LogP contribution < -0.4 is 32.7 Å². The number of hydrogen-bond donors (Lipinski definition) is 9. The number of aliphatic hydroxyl groups excluding tert-OH is 1. The van der Waals surface area contributed by atoms with E-state index < -0.39 is 90.8 Å². The van der Waals surface area contributed by atoms with E-state index in [1.807, 2.05) is 13.8 Å². The second kappa shape index (κ2) is 19.6. The number of nitrogens with zero attached hydrogens (tertiary/aromatic N) is 1. The maximum Gasteiger partial charge on any atom is 0.326 e. The van der Waals surface area contributed by atoms with Crippen molar-refractivity contribution in [2.45, 2.75) is 109 Å². The number of nitrogens with two attached hydrogens (primary N) is 2. The van der Waals surface area contributed by atoms with Crippen LogP contribution in [0.1, 0.15) is 72.6 Å². The molecule has 46 heavy (non-hydrogen) atoms. The van der Waals surface area contributed by atoms with Gasteiger partial charge in [0.25, 0.3) is 0 Å². The summed E-state index contributed by atoms with van der Waals surface area (Å²) in [7, 11) is 0. The molecule has 6 atom stereocenters. The summed E-state index contributed by atoms with van der Waals surface area (Å²) < 4.78 is 0. The molecule has 1 aliphatic rings. The van der Waals surface area contributed by atoms with E-state index in [1.54, 1.807) is 13.8 Å². The van der Waals surface area contributed by atoms with Crippen LogP contribution >= 0.6 is 0 Å². The SMILES string of the molecule is CC(C)C[C@H](N)C(=O)N[C@H](C(=O)N1CCC[C@H]1C(=O)N[C@@H](CC(=O)O)C(=O)N[C@@H](CO)C(=O)N[C@@H](CCCCN)C(=O)O)C(C)C. The fraction of sp³-hybridized carbons (Fsp3) is 0.759. The van der Waals surface area contributed by atoms with Crippen molar-refractivity contribution in [1.29, 1.82) is 0 Å². The quantitative estimate of drug-likeness (QED) is 0.0621. The molecule has 1 fully saturated rings. The molecule has 0 radical (unpaired) electrons.